The van der Waals surface area contributed by atoms with Gasteiger partial charge in [0, 0.05) is 5.56 Å². The van der Waals surface area contributed by atoms with Gasteiger partial charge >= 0.3 is 0 Å². The molecule has 0 aliphatic carbocycles. The average molecular weight is 364 g/mol. The molecule has 1 saturated heterocycles. The van der Waals surface area contributed by atoms with Gasteiger partial charge in [-0.25, -0.2) is 4.39 Å². The Balaban J connectivity index is 1.43. The van der Waals surface area contributed by atoms with Crippen LogP contribution in [0.25, 0.3) is 0 Å². The Morgan fingerprint density at radius 3 is 2.32 bits per heavy atom. The Morgan fingerprint density at radius 1 is 1.00 bits per heavy atom. The number of amides is 1. The van der Waals surface area contributed by atoms with Gasteiger partial charge in [0.1, 0.15) is 38.5 Å². The van der Waals surface area contributed by atoms with Crippen molar-refractivity contribution in [2.45, 2.75) is 6.54 Å². The molecule has 2 aromatic rings. The molecule has 25 heavy (non-hydrogen) atoms. The largest absolute Gasteiger partial charge is 0.322 e. The molecule has 1 aliphatic rings. The van der Waals surface area contributed by atoms with E-state index in [0.29, 0.717) is 17.3 Å². The van der Waals surface area contributed by atoms with Crippen LogP contribution in [-0.4, -0.2) is 38.6 Å². The monoisotopic (exact) mass is 363 g/mol. The molecule has 0 bridgehead atoms. The summed E-state index contributed by atoms with van der Waals surface area (Å²) in [5, 5.41) is 3.43. The number of para-hydroxylation sites is 1. The fourth-order valence-corrected chi connectivity index (χ4v) is 3.37. The summed E-state index contributed by atoms with van der Waals surface area (Å²) < 4.78 is 13.0. The van der Waals surface area contributed by atoms with E-state index in [-0.39, 0.29) is 11.7 Å². The minimum atomic E-state index is -0.197. The number of benzene rings is 2. The SMILES string of the molecule is O=C(C[NH+]1CC[NH+](Cc2ccc(F)cc2)CC1)Nc1ccccc1Cl. The number of hydrogen-bond donors (Lipinski definition) is 3. The third kappa shape index (κ3) is 5.26. The highest BCUT2D eigenvalue weighted by atomic mass is 35.5. The molecular weight excluding hydrogens is 341 g/mol. The summed E-state index contributed by atoms with van der Waals surface area (Å²) >= 11 is 6.07. The van der Waals surface area contributed by atoms with Crippen LogP contribution >= 0.6 is 11.6 Å². The van der Waals surface area contributed by atoms with E-state index in [9.17, 15) is 9.18 Å². The molecule has 1 amide bonds. The molecule has 0 spiro atoms. The fourth-order valence-electron chi connectivity index (χ4n) is 3.19. The number of piperazine rings is 1. The standard InChI is InChI=1S/C19H21ClFN3O/c20-17-3-1-2-4-18(17)22-19(25)14-24-11-9-23(10-12-24)13-15-5-7-16(21)8-6-15/h1-8H,9-14H2,(H,22,25)/p+2. The normalized spacial score (nSPS) is 20.2. The van der Waals surface area contributed by atoms with Crippen molar-refractivity contribution in [1.82, 2.24) is 0 Å². The molecule has 4 nitrogen and oxygen atoms in total. The zero-order valence-electron chi connectivity index (χ0n) is 14.0. The van der Waals surface area contributed by atoms with Crippen LogP contribution in [0.5, 0.6) is 0 Å². The number of nitrogens with one attached hydrogen (secondary N) is 3. The molecule has 2 aromatic carbocycles. The maximum Gasteiger partial charge on any atom is 0.279 e. The van der Waals surface area contributed by atoms with Crippen molar-refractivity contribution >= 4 is 23.2 Å². The molecule has 0 unspecified atom stereocenters. The first-order valence-electron chi connectivity index (χ1n) is 8.56. The molecular formula is C19H23ClFN3O+2. The van der Waals surface area contributed by atoms with Crippen molar-refractivity contribution < 1.29 is 19.0 Å². The highest BCUT2D eigenvalue weighted by molar-refractivity contribution is 6.33. The highest BCUT2D eigenvalue weighted by Gasteiger charge is 2.25. The third-order valence-corrected chi connectivity index (χ3v) is 4.92. The summed E-state index contributed by atoms with van der Waals surface area (Å²) in [6, 6.07) is 14.0. The van der Waals surface area contributed by atoms with E-state index >= 15 is 0 Å². The molecule has 3 rings (SSSR count). The van der Waals surface area contributed by atoms with E-state index in [1.54, 1.807) is 12.1 Å². The first kappa shape index (κ1) is 17.9. The number of quaternary nitrogens is 2. The fraction of sp³-hybridized carbons (Fsp3) is 0.316. The molecule has 0 aromatic heterocycles. The Hall–Kier alpha value is -1.95. The van der Waals surface area contributed by atoms with Crippen LogP contribution in [0.4, 0.5) is 10.1 Å². The van der Waals surface area contributed by atoms with Crippen LogP contribution in [0.1, 0.15) is 5.56 Å². The molecule has 0 atom stereocenters. The minimum absolute atomic E-state index is 0.00918. The van der Waals surface area contributed by atoms with Gasteiger partial charge < -0.3 is 15.1 Å². The lowest BCUT2D eigenvalue weighted by molar-refractivity contribution is -1.02. The Kier molecular flexibility index (Phi) is 6.02. The second-order valence-electron chi connectivity index (χ2n) is 6.51. The Bertz CT molecular complexity index is 715. The first-order valence-corrected chi connectivity index (χ1v) is 8.94. The molecule has 0 saturated carbocycles. The van der Waals surface area contributed by atoms with E-state index in [0.717, 1.165) is 38.3 Å². The third-order valence-electron chi connectivity index (χ3n) is 4.59. The van der Waals surface area contributed by atoms with Gasteiger partial charge in [-0.1, -0.05) is 35.9 Å². The van der Waals surface area contributed by atoms with Crippen molar-refractivity contribution in [1.29, 1.82) is 0 Å². The van der Waals surface area contributed by atoms with E-state index in [1.165, 1.54) is 21.9 Å². The number of carbonyl (C=O) groups is 1. The lowest BCUT2D eigenvalue weighted by Crippen LogP contribution is -3.28. The molecule has 1 aliphatic heterocycles. The van der Waals surface area contributed by atoms with E-state index in [1.807, 2.05) is 24.3 Å². The summed E-state index contributed by atoms with van der Waals surface area (Å²) in [6.45, 7) is 5.27. The lowest BCUT2D eigenvalue weighted by atomic mass is 10.2. The van der Waals surface area contributed by atoms with Crippen LogP contribution in [0.2, 0.25) is 5.02 Å². The average Bonchev–Trinajstić information content (AvgIpc) is 2.61. The van der Waals surface area contributed by atoms with Crippen molar-refractivity contribution in [2.24, 2.45) is 0 Å². The van der Waals surface area contributed by atoms with Gasteiger partial charge in [-0.3, -0.25) is 4.79 Å². The quantitative estimate of drug-likeness (QED) is 0.707. The maximum atomic E-state index is 13.0. The van der Waals surface area contributed by atoms with Gasteiger partial charge in [-0.15, -0.1) is 0 Å². The van der Waals surface area contributed by atoms with Crippen molar-refractivity contribution in [3.05, 3.63) is 64.9 Å². The number of rotatable bonds is 5. The predicted molar refractivity (Wildman–Crippen MR) is 96.4 cm³/mol. The summed E-state index contributed by atoms with van der Waals surface area (Å²) in [7, 11) is 0. The Labute approximate surface area is 152 Å². The topological polar surface area (TPSA) is 38.0 Å². The van der Waals surface area contributed by atoms with Gasteiger partial charge in [0.2, 0.25) is 0 Å². The van der Waals surface area contributed by atoms with Gasteiger partial charge in [0.05, 0.1) is 10.7 Å². The van der Waals surface area contributed by atoms with Gasteiger partial charge in [0.25, 0.3) is 5.91 Å². The van der Waals surface area contributed by atoms with Gasteiger partial charge in [-0.05, 0) is 24.3 Å². The number of hydrogen-bond acceptors (Lipinski definition) is 1. The number of anilines is 1. The summed E-state index contributed by atoms with van der Waals surface area (Å²) in [5.74, 6) is -0.206. The number of carbonyl (C=O) groups excluding carboxylic acids is 1. The minimum Gasteiger partial charge on any atom is -0.322 e. The van der Waals surface area contributed by atoms with Crippen molar-refractivity contribution in [3.63, 3.8) is 0 Å². The first-order chi connectivity index (χ1) is 12.1. The van der Waals surface area contributed by atoms with Crippen LogP contribution < -0.4 is 15.1 Å². The smallest absolute Gasteiger partial charge is 0.279 e. The maximum absolute atomic E-state index is 13.0. The zero-order chi connectivity index (χ0) is 17.6. The van der Waals surface area contributed by atoms with E-state index in [2.05, 4.69) is 5.32 Å². The van der Waals surface area contributed by atoms with E-state index < -0.39 is 0 Å². The predicted octanol–water partition coefficient (Wildman–Crippen LogP) is 0.401. The summed E-state index contributed by atoms with van der Waals surface area (Å²) in [5.41, 5.74) is 1.81. The lowest BCUT2D eigenvalue weighted by Gasteiger charge is -2.29. The van der Waals surface area contributed by atoms with Gasteiger partial charge in [-0.2, -0.15) is 0 Å². The molecule has 1 heterocycles. The van der Waals surface area contributed by atoms with Crippen LogP contribution in [-0.2, 0) is 11.3 Å². The molecule has 1 fully saturated rings. The van der Waals surface area contributed by atoms with Crippen LogP contribution in [0.3, 0.4) is 0 Å². The molecule has 3 N–H and O–H groups in total. The second kappa shape index (κ2) is 8.43. The summed E-state index contributed by atoms with van der Waals surface area (Å²) in [4.78, 5) is 15.0. The van der Waals surface area contributed by atoms with Crippen LogP contribution in [0, 0.1) is 5.82 Å². The van der Waals surface area contributed by atoms with E-state index in [4.69, 9.17) is 11.6 Å². The van der Waals surface area contributed by atoms with Crippen molar-refractivity contribution in [3.8, 4) is 0 Å². The molecule has 0 radical (unpaired) electrons. The number of halogens is 2. The highest BCUT2D eigenvalue weighted by Crippen LogP contribution is 2.19. The Morgan fingerprint density at radius 2 is 1.64 bits per heavy atom. The molecule has 132 valence electrons. The van der Waals surface area contributed by atoms with Gasteiger partial charge in [0.15, 0.2) is 6.54 Å². The summed E-state index contributed by atoms with van der Waals surface area (Å²) in [6.07, 6.45) is 0. The zero-order valence-corrected chi connectivity index (χ0v) is 14.8. The van der Waals surface area contributed by atoms with Crippen LogP contribution in [0.15, 0.2) is 48.5 Å². The molecule has 6 heteroatoms. The second-order valence-corrected chi connectivity index (χ2v) is 6.92. The van der Waals surface area contributed by atoms with Crippen molar-refractivity contribution in [2.75, 3.05) is 38.0 Å².